The topological polar surface area (TPSA) is 132 Å². The number of unbranched alkanes of at least 4 members (excludes halogenated alkanes) is 1. The Labute approximate surface area is 234 Å². The van der Waals surface area contributed by atoms with Gasteiger partial charge < -0.3 is 30.9 Å². The van der Waals surface area contributed by atoms with Crippen molar-refractivity contribution in [2.45, 2.75) is 32.2 Å². The summed E-state index contributed by atoms with van der Waals surface area (Å²) in [5.74, 6) is 0.189. The van der Waals surface area contributed by atoms with Gasteiger partial charge in [0.05, 0.1) is 18.7 Å². The number of carbonyl (C=O) groups is 1. The molecule has 0 spiro atoms. The van der Waals surface area contributed by atoms with Crippen LogP contribution in [-0.2, 0) is 17.9 Å². The van der Waals surface area contributed by atoms with Gasteiger partial charge in [0.15, 0.2) is 6.61 Å². The molecule has 0 unspecified atom stereocenters. The number of rotatable bonds is 15. The lowest BCUT2D eigenvalue weighted by atomic mass is 10.1. The molecule has 0 radical (unpaired) electrons. The lowest BCUT2D eigenvalue weighted by molar-refractivity contribution is -0.153. The normalized spacial score (nSPS) is 11.7. The standard InChI is InChI=1S/C29H32F3N5O4/c30-29(31,32)18-41-26-6-3-19(13-21(26)17-38)15-34-8-1-2-11-40-12-10-36-28-23-7-9-35-16-24(23)22-5-4-20(27(33)39)14-25(22)37-28/h3-7,9,13-14,16,34,38H,1-2,8,10-12,15,17-18H2,(H2,33,39)(H,36,37). The lowest BCUT2D eigenvalue weighted by Gasteiger charge is -2.14. The van der Waals surface area contributed by atoms with Crippen LogP contribution in [0.25, 0.3) is 21.7 Å². The number of ether oxygens (including phenoxy) is 2. The molecule has 0 saturated carbocycles. The number of nitrogens with two attached hydrogens (primary N) is 1. The SMILES string of the molecule is NC(=O)c1ccc2c(c1)nc(NCCOCCCCNCc1ccc(OCC(F)(F)F)c(CO)c1)c1ccncc12. The average molecular weight is 572 g/mol. The van der Waals surface area contributed by atoms with Gasteiger partial charge in [0.2, 0.25) is 5.91 Å². The fourth-order valence-corrected chi connectivity index (χ4v) is 4.33. The third-order valence-electron chi connectivity index (χ3n) is 6.33. The van der Waals surface area contributed by atoms with Crippen molar-refractivity contribution >= 4 is 33.4 Å². The summed E-state index contributed by atoms with van der Waals surface area (Å²) in [5.41, 5.74) is 7.62. The van der Waals surface area contributed by atoms with Gasteiger partial charge in [-0.2, -0.15) is 13.2 Å². The molecule has 0 saturated heterocycles. The molecule has 2 aromatic carbocycles. The van der Waals surface area contributed by atoms with Crippen molar-refractivity contribution < 1.29 is 32.5 Å². The van der Waals surface area contributed by atoms with E-state index in [0.29, 0.717) is 48.8 Å². The number of amides is 1. The number of nitrogens with one attached hydrogen (secondary N) is 2. The first kappa shape index (κ1) is 30.0. The van der Waals surface area contributed by atoms with Crippen LogP contribution in [0.2, 0.25) is 0 Å². The number of hydrogen-bond donors (Lipinski definition) is 4. The molecular formula is C29H32F3N5O4. The summed E-state index contributed by atoms with van der Waals surface area (Å²) in [6, 6.07) is 11.8. The van der Waals surface area contributed by atoms with Crippen LogP contribution in [0.4, 0.5) is 19.0 Å². The van der Waals surface area contributed by atoms with Crippen LogP contribution in [0, 0.1) is 0 Å². The van der Waals surface area contributed by atoms with E-state index in [0.717, 1.165) is 41.1 Å². The Morgan fingerprint density at radius 3 is 2.63 bits per heavy atom. The summed E-state index contributed by atoms with van der Waals surface area (Å²) in [6.45, 7) is 1.04. The van der Waals surface area contributed by atoms with Crippen LogP contribution in [-0.4, -0.2) is 60.1 Å². The Morgan fingerprint density at radius 1 is 1.00 bits per heavy atom. The van der Waals surface area contributed by atoms with Gasteiger partial charge >= 0.3 is 6.18 Å². The Balaban J connectivity index is 1.16. The first-order chi connectivity index (χ1) is 19.7. The quantitative estimate of drug-likeness (QED) is 0.123. The largest absolute Gasteiger partial charge is 0.484 e. The molecule has 218 valence electrons. The van der Waals surface area contributed by atoms with Gasteiger partial charge in [-0.1, -0.05) is 12.1 Å². The van der Waals surface area contributed by atoms with Gasteiger partial charge in [0.1, 0.15) is 11.6 Å². The molecule has 4 aromatic rings. The van der Waals surface area contributed by atoms with E-state index in [1.54, 1.807) is 36.7 Å². The molecule has 2 heterocycles. The molecule has 4 rings (SSSR count). The predicted octanol–water partition coefficient (Wildman–Crippen LogP) is 4.31. The number of primary amides is 1. The van der Waals surface area contributed by atoms with Crippen LogP contribution < -0.4 is 21.1 Å². The zero-order valence-electron chi connectivity index (χ0n) is 22.3. The molecule has 0 atom stereocenters. The zero-order valence-corrected chi connectivity index (χ0v) is 22.3. The molecule has 1 amide bonds. The van der Waals surface area contributed by atoms with Crippen molar-refractivity contribution in [3.63, 3.8) is 0 Å². The van der Waals surface area contributed by atoms with Crippen LogP contribution in [0.3, 0.4) is 0 Å². The second-order valence-corrected chi connectivity index (χ2v) is 9.40. The number of fused-ring (bicyclic) bond motifs is 3. The van der Waals surface area contributed by atoms with Crippen molar-refractivity contribution in [3.05, 3.63) is 71.5 Å². The molecule has 9 nitrogen and oxygen atoms in total. The van der Waals surface area contributed by atoms with Crippen molar-refractivity contribution in [2.75, 3.05) is 38.2 Å². The van der Waals surface area contributed by atoms with Gasteiger partial charge in [-0.05, 0) is 55.3 Å². The molecule has 0 aliphatic heterocycles. The van der Waals surface area contributed by atoms with Crippen molar-refractivity contribution in [2.24, 2.45) is 5.73 Å². The molecule has 0 bridgehead atoms. The Morgan fingerprint density at radius 2 is 1.85 bits per heavy atom. The van der Waals surface area contributed by atoms with E-state index >= 15 is 0 Å². The minimum Gasteiger partial charge on any atom is -0.484 e. The van der Waals surface area contributed by atoms with Crippen LogP contribution >= 0.6 is 0 Å². The summed E-state index contributed by atoms with van der Waals surface area (Å²) in [7, 11) is 0. The van der Waals surface area contributed by atoms with Crippen LogP contribution in [0.1, 0.15) is 34.3 Å². The van der Waals surface area contributed by atoms with Crippen molar-refractivity contribution in [3.8, 4) is 5.75 Å². The fraction of sp³-hybridized carbons (Fsp3) is 0.345. The van der Waals surface area contributed by atoms with Gasteiger partial charge in [0, 0.05) is 59.4 Å². The monoisotopic (exact) mass is 571 g/mol. The Hall–Kier alpha value is -4.00. The molecule has 12 heteroatoms. The number of benzene rings is 2. The Kier molecular flexibility index (Phi) is 10.3. The summed E-state index contributed by atoms with van der Waals surface area (Å²) < 4.78 is 47.7. The summed E-state index contributed by atoms with van der Waals surface area (Å²) in [5, 5.41) is 18.8. The Bertz CT molecular complexity index is 1480. The van der Waals surface area contributed by atoms with E-state index in [1.807, 2.05) is 12.1 Å². The number of carbonyl (C=O) groups excluding carboxylic acids is 1. The van der Waals surface area contributed by atoms with Gasteiger partial charge in [0.25, 0.3) is 0 Å². The summed E-state index contributed by atoms with van der Waals surface area (Å²) in [4.78, 5) is 20.5. The number of aromatic nitrogens is 2. The first-order valence-electron chi connectivity index (χ1n) is 13.2. The van der Waals surface area contributed by atoms with Gasteiger partial charge in [-0.3, -0.25) is 9.78 Å². The maximum absolute atomic E-state index is 12.4. The second-order valence-electron chi connectivity index (χ2n) is 9.40. The highest BCUT2D eigenvalue weighted by molar-refractivity contribution is 6.11. The number of aliphatic hydroxyl groups excluding tert-OH is 1. The molecule has 0 aliphatic carbocycles. The molecule has 0 fully saturated rings. The van der Waals surface area contributed by atoms with Crippen LogP contribution in [0.15, 0.2) is 54.9 Å². The molecule has 41 heavy (non-hydrogen) atoms. The molecule has 5 N–H and O–H groups in total. The number of nitrogens with zero attached hydrogens (tertiary/aromatic N) is 2. The smallest absolute Gasteiger partial charge is 0.422 e. The van der Waals surface area contributed by atoms with E-state index in [4.69, 9.17) is 20.2 Å². The number of hydrogen-bond acceptors (Lipinski definition) is 8. The number of pyridine rings is 2. The summed E-state index contributed by atoms with van der Waals surface area (Å²) >= 11 is 0. The summed E-state index contributed by atoms with van der Waals surface area (Å²) in [6.07, 6.45) is 0.758. The minimum atomic E-state index is -4.44. The average Bonchev–Trinajstić information content (AvgIpc) is 2.96. The number of alkyl halides is 3. The van der Waals surface area contributed by atoms with E-state index in [2.05, 4.69) is 15.6 Å². The third-order valence-corrected chi connectivity index (χ3v) is 6.33. The van der Waals surface area contributed by atoms with E-state index < -0.39 is 25.3 Å². The van der Waals surface area contributed by atoms with E-state index in [-0.39, 0.29) is 5.75 Å². The van der Waals surface area contributed by atoms with Gasteiger partial charge in [-0.15, -0.1) is 0 Å². The van der Waals surface area contributed by atoms with E-state index in [9.17, 15) is 23.1 Å². The second kappa shape index (κ2) is 14.1. The number of aliphatic hydroxyl groups is 1. The maximum Gasteiger partial charge on any atom is 0.422 e. The molecular weight excluding hydrogens is 539 g/mol. The van der Waals surface area contributed by atoms with Crippen molar-refractivity contribution in [1.29, 1.82) is 0 Å². The maximum atomic E-state index is 12.4. The van der Waals surface area contributed by atoms with E-state index in [1.165, 1.54) is 6.07 Å². The number of anilines is 1. The highest BCUT2D eigenvalue weighted by atomic mass is 19.4. The lowest BCUT2D eigenvalue weighted by Crippen LogP contribution is -2.20. The first-order valence-corrected chi connectivity index (χ1v) is 13.2. The predicted molar refractivity (Wildman–Crippen MR) is 150 cm³/mol. The number of halogens is 3. The molecule has 0 aliphatic rings. The highest BCUT2D eigenvalue weighted by Gasteiger charge is 2.28. The fourth-order valence-electron chi connectivity index (χ4n) is 4.33. The molecule has 2 aromatic heterocycles. The van der Waals surface area contributed by atoms with Crippen LogP contribution in [0.5, 0.6) is 5.75 Å². The third kappa shape index (κ3) is 8.49. The van der Waals surface area contributed by atoms with Crippen molar-refractivity contribution in [1.82, 2.24) is 15.3 Å². The zero-order chi connectivity index (χ0) is 29.2. The minimum absolute atomic E-state index is 0.0269. The highest BCUT2D eigenvalue weighted by Crippen LogP contribution is 2.29. The van der Waals surface area contributed by atoms with Gasteiger partial charge in [-0.25, -0.2) is 4.98 Å².